The summed E-state index contributed by atoms with van der Waals surface area (Å²) in [6.07, 6.45) is 4.36. The summed E-state index contributed by atoms with van der Waals surface area (Å²) in [6, 6.07) is 9.22. The molecule has 8 nitrogen and oxygen atoms in total. The first kappa shape index (κ1) is 25.8. The van der Waals surface area contributed by atoms with E-state index >= 15 is 0 Å². The zero-order valence-electron chi connectivity index (χ0n) is 20.6. The Kier molecular flexibility index (Phi) is 7.45. The molecule has 1 saturated heterocycles. The molecule has 0 bridgehead atoms. The highest BCUT2D eigenvalue weighted by atomic mass is 32.2. The summed E-state index contributed by atoms with van der Waals surface area (Å²) in [4.78, 5) is 27.5. The van der Waals surface area contributed by atoms with Crippen LogP contribution >= 0.6 is 0 Å². The normalized spacial score (nSPS) is 21.2. The average Bonchev–Trinajstić information content (AvgIpc) is 2.71. The third-order valence-corrected chi connectivity index (χ3v) is 6.95. The number of piperidine rings is 1. The van der Waals surface area contributed by atoms with Crippen molar-refractivity contribution in [2.24, 2.45) is 0 Å². The van der Waals surface area contributed by atoms with Gasteiger partial charge in [-0.05, 0) is 64.4 Å². The van der Waals surface area contributed by atoms with E-state index in [2.05, 4.69) is 0 Å². The molecule has 1 aliphatic heterocycles. The van der Waals surface area contributed by atoms with Gasteiger partial charge in [-0.25, -0.2) is 13.2 Å². The van der Waals surface area contributed by atoms with Crippen LogP contribution in [0.2, 0.25) is 0 Å². The Morgan fingerprint density at radius 1 is 1.12 bits per heavy atom. The molecule has 0 saturated carbocycles. The molecule has 0 aliphatic carbocycles. The number of aromatic nitrogens is 1. The molecule has 34 heavy (non-hydrogen) atoms. The molecule has 1 aromatic carbocycles. The van der Waals surface area contributed by atoms with E-state index in [1.165, 1.54) is 22.8 Å². The van der Waals surface area contributed by atoms with E-state index in [9.17, 15) is 18.0 Å². The molecule has 3 rings (SSSR count). The molecule has 1 fully saturated rings. The standard InChI is InChI=1S/C25H34N2O6S/c1-7-18-15-21(14-17(2)27(18)24(29)33-25(3,4)5)32-20-12-13-26(23(28)16-20)19-8-10-22(11-9-19)34(6,30)31/h8-13,16-18,21H,7,14-15H2,1-6H3/t17-,18-,21+/m1/s1. The summed E-state index contributed by atoms with van der Waals surface area (Å²) < 4.78 is 36.5. The van der Waals surface area contributed by atoms with Gasteiger partial charge in [0, 0.05) is 49.1 Å². The molecule has 0 unspecified atom stereocenters. The van der Waals surface area contributed by atoms with Crippen molar-refractivity contribution in [3.63, 3.8) is 0 Å². The predicted octanol–water partition coefficient (Wildman–Crippen LogP) is 4.19. The largest absolute Gasteiger partial charge is 0.490 e. The van der Waals surface area contributed by atoms with Crippen molar-refractivity contribution < 1.29 is 22.7 Å². The average molecular weight is 491 g/mol. The van der Waals surface area contributed by atoms with Crippen molar-refractivity contribution in [1.29, 1.82) is 0 Å². The third kappa shape index (κ3) is 6.20. The number of rotatable bonds is 5. The van der Waals surface area contributed by atoms with Crippen LogP contribution in [-0.2, 0) is 14.6 Å². The highest BCUT2D eigenvalue weighted by molar-refractivity contribution is 7.90. The minimum absolute atomic E-state index is 0.0164. The van der Waals surface area contributed by atoms with Crippen LogP contribution < -0.4 is 10.3 Å². The number of hydrogen-bond acceptors (Lipinski definition) is 6. The molecule has 1 amide bonds. The number of pyridine rings is 1. The zero-order valence-corrected chi connectivity index (χ0v) is 21.5. The van der Waals surface area contributed by atoms with Crippen LogP contribution in [0.3, 0.4) is 0 Å². The van der Waals surface area contributed by atoms with Gasteiger partial charge in [-0.15, -0.1) is 0 Å². The first-order valence-corrected chi connectivity index (χ1v) is 13.4. The lowest BCUT2D eigenvalue weighted by atomic mass is 9.92. The van der Waals surface area contributed by atoms with Crippen LogP contribution in [0.25, 0.3) is 5.69 Å². The van der Waals surface area contributed by atoms with E-state index in [1.807, 2.05) is 39.5 Å². The van der Waals surface area contributed by atoms with Gasteiger partial charge in [-0.3, -0.25) is 9.36 Å². The summed E-state index contributed by atoms with van der Waals surface area (Å²) >= 11 is 0. The van der Waals surface area contributed by atoms with Gasteiger partial charge < -0.3 is 14.4 Å². The van der Waals surface area contributed by atoms with Crippen molar-refractivity contribution in [2.45, 2.75) is 82.6 Å². The maximum Gasteiger partial charge on any atom is 0.410 e. The molecular weight excluding hydrogens is 456 g/mol. The van der Waals surface area contributed by atoms with Gasteiger partial charge in [0.05, 0.1) is 4.90 Å². The van der Waals surface area contributed by atoms with E-state index in [0.29, 0.717) is 24.3 Å². The van der Waals surface area contributed by atoms with Gasteiger partial charge in [0.2, 0.25) is 0 Å². The number of ether oxygens (including phenoxy) is 2. The molecule has 0 spiro atoms. The van der Waals surface area contributed by atoms with Crippen molar-refractivity contribution in [3.8, 4) is 11.4 Å². The first-order valence-electron chi connectivity index (χ1n) is 11.5. The van der Waals surface area contributed by atoms with Crippen LogP contribution in [0.5, 0.6) is 5.75 Å². The van der Waals surface area contributed by atoms with E-state index in [-0.39, 0.29) is 34.7 Å². The van der Waals surface area contributed by atoms with E-state index in [4.69, 9.17) is 9.47 Å². The SMILES string of the molecule is CC[C@@H]1C[C@@H](Oc2ccn(-c3ccc(S(C)(=O)=O)cc3)c(=O)c2)C[C@@H](C)N1C(=O)OC(C)(C)C. The quantitative estimate of drug-likeness (QED) is 0.624. The Morgan fingerprint density at radius 2 is 1.76 bits per heavy atom. The van der Waals surface area contributed by atoms with Crippen LogP contribution in [0.4, 0.5) is 4.79 Å². The summed E-state index contributed by atoms with van der Waals surface area (Å²) in [5.41, 5.74) is -0.275. The first-order chi connectivity index (χ1) is 15.8. The molecule has 2 aromatic rings. The van der Waals surface area contributed by atoms with Gasteiger partial charge in [-0.1, -0.05) is 6.92 Å². The lowest BCUT2D eigenvalue weighted by molar-refractivity contribution is -0.0222. The minimum atomic E-state index is -3.30. The van der Waals surface area contributed by atoms with E-state index < -0.39 is 15.4 Å². The van der Waals surface area contributed by atoms with E-state index in [0.717, 1.165) is 12.7 Å². The number of amides is 1. The summed E-state index contributed by atoms with van der Waals surface area (Å²) in [6.45, 7) is 9.59. The topological polar surface area (TPSA) is 94.9 Å². The molecule has 0 N–H and O–H groups in total. The van der Waals surface area contributed by atoms with Gasteiger partial charge in [0.25, 0.3) is 5.56 Å². The Hall–Kier alpha value is -2.81. The molecule has 2 heterocycles. The summed E-state index contributed by atoms with van der Waals surface area (Å²) in [5, 5.41) is 0. The number of carbonyl (C=O) groups excluding carboxylic acids is 1. The minimum Gasteiger partial charge on any atom is -0.490 e. The molecule has 186 valence electrons. The number of benzene rings is 1. The van der Waals surface area contributed by atoms with Crippen molar-refractivity contribution in [1.82, 2.24) is 9.47 Å². The number of nitrogens with zero attached hydrogens (tertiary/aromatic N) is 2. The molecule has 9 heteroatoms. The van der Waals surface area contributed by atoms with Crippen LogP contribution in [-0.4, -0.2) is 54.0 Å². The summed E-state index contributed by atoms with van der Waals surface area (Å²) in [5.74, 6) is 0.465. The molecule has 0 radical (unpaired) electrons. The lowest BCUT2D eigenvalue weighted by Gasteiger charge is -2.43. The van der Waals surface area contributed by atoms with Gasteiger partial charge in [-0.2, -0.15) is 0 Å². The fraction of sp³-hybridized carbons (Fsp3) is 0.520. The van der Waals surface area contributed by atoms with Crippen molar-refractivity contribution in [2.75, 3.05) is 6.26 Å². The van der Waals surface area contributed by atoms with Crippen LogP contribution in [0, 0.1) is 0 Å². The predicted molar refractivity (Wildman–Crippen MR) is 130 cm³/mol. The number of carbonyl (C=O) groups is 1. The fourth-order valence-electron chi connectivity index (χ4n) is 4.26. The van der Waals surface area contributed by atoms with Crippen LogP contribution in [0.15, 0.2) is 52.3 Å². The second-order valence-corrected chi connectivity index (χ2v) is 11.9. The Balaban J connectivity index is 1.72. The Bertz CT molecular complexity index is 1180. The van der Waals surface area contributed by atoms with Gasteiger partial charge in [0.1, 0.15) is 17.5 Å². The maximum absolute atomic E-state index is 12.7. The van der Waals surface area contributed by atoms with Crippen LogP contribution in [0.1, 0.15) is 53.9 Å². The highest BCUT2D eigenvalue weighted by Crippen LogP contribution is 2.30. The van der Waals surface area contributed by atoms with Gasteiger partial charge >= 0.3 is 6.09 Å². The smallest absolute Gasteiger partial charge is 0.410 e. The van der Waals surface area contributed by atoms with Crippen molar-refractivity contribution >= 4 is 15.9 Å². The lowest BCUT2D eigenvalue weighted by Crippen LogP contribution is -2.54. The molecular formula is C25H34N2O6S. The Labute approximate surface area is 201 Å². The summed E-state index contributed by atoms with van der Waals surface area (Å²) in [7, 11) is -3.30. The molecule has 1 aromatic heterocycles. The van der Waals surface area contributed by atoms with E-state index in [1.54, 1.807) is 24.4 Å². The highest BCUT2D eigenvalue weighted by Gasteiger charge is 2.38. The maximum atomic E-state index is 12.7. The number of likely N-dealkylation sites (tertiary alicyclic amines) is 1. The monoisotopic (exact) mass is 490 g/mol. The second-order valence-electron chi connectivity index (χ2n) is 9.85. The molecule has 1 aliphatic rings. The number of hydrogen-bond donors (Lipinski definition) is 0. The van der Waals surface area contributed by atoms with Gasteiger partial charge in [0.15, 0.2) is 9.84 Å². The molecule has 3 atom stereocenters. The second kappa shape index (κ2) is 9.82. The number of sulfone groups is 1. The zero-order chi connectivity index (χ0) is 25.3. The van der Waals surface area contributed by atoms with Crippen molar-refractivity contribution in [3.05, 3.63) is 52.9 Å². The third-order valence-electron chi connectivity index (χ3n) is 5.82. The Morgan fingerprint density at radius 3 is 2.29 bits per heavy atom. The fourth-order valence-corrected chi connectivity index (χ4v) is 4.89.